The van der Waals surface area contributed by atoms with Crippen molar-refractivity contribution in [2.24, 2.45) is 0 Å². The summed E-state index contributed by atoms with van der Waals surface area (Å²) in [5.41, 5.74) is 0.894. The third-order valence-corrected chi connectivity index (χ3v) is 3.16. The van der Waals surface area contributed by atoms with E-state index in [1.54, 1.807) is 27.3 Å². The van der Waals surface area contributed by atoms with Crippen molar-refractivity contribution < 1.29 is 14.3 Å². The fourth-order valence-corrected chi connectivity index (χ4v) is 1.55. The zero-order chi connectivity index (χ0) is 14.6. The number of amides is 1. The Bertz CT molecular complexity index is 470. The highest BCUT2D eigenvalue weighted by atomic mass is 16.5. The Balaban J connectivity index is 3.11. The first kappa shape index (κ1) is 15.3. The minimum absolute atomic E-state index is 0.124. The average molecular weight is 266 g/mol. The summed E-state index contributed by atoms with van der Waals surface area (Å²) >= 11 is 0. The fourth-order valence-electron chi connectivity index (χ4n) is 1.55. The lowest BCUT2D eigenvalue weighted by Gasteiger charge is -2.24. The number of likely N-dealkylation sites (N-methyl/N-ethyl adjacent to an activating group) is 1. The molecular formula is C14H22N2O3. The van der Waals surface area contributed by atoms with Gasteiger partial charge in [0.1, 0.15) is 11.5 Å². The van der Waals surface area contributed by atoms with Gasteiger partial charge in [-0.2, -0.15) is 0 Å². The predicted octanol–water partition coefficient (Wildman–Crippen LogP) is 1.95. The Morgan fingerprint density at radius 2 is 1.84 bits per heavy atom. The maximum absolute atomic E-state index is 12.2. The van der Waals surface area contributed by atoms with E-state index in [-0.39, 0.29) is 5.91 Å². The number of hydrogen-bond acceptors (Lipinski definition) is 4. The summed E-state index contributed by atoms with van der Waals surface area (Å²) in [6, 6.07) is 3.60. The first-order valence-corrected chi connectivity index (χ1v) is 6.08. The van der Waals surface area contributed by atoms with Gasteiger partial charge < -0.3 is 20.1 Å². The van der Waals surface area contributed by atoms with E-state index >= 15 is 0 Å². The smallest absolute Gasteiger partial charge is 0.244 e. The van der Waals surface area contributed by atoms with E-state index in [4.69, 9.17) is 9.47 Å². The first-order chi connectivity index (χ1) is 8.85. The maximum atomic E-state index is 12.2. The number of rotatable bonds is 5. The van der Waals surface area contributed by atoms with Gasteiger partial charge in [-0.15, -0.1) is 0 Å². The van der Waals surface area contributed by atoms with Crippen molar-refractivity contribution >= 4 is 11.6 Å². The highest BCUT2D eigenvalue weighted by Crippen LogP contribution is 2.33. The molecule has 0 heterocycles. The summed E-state index contributed by atoms with van der Waals surface area (Å²) < 4.78 is 10.5. The Labute approximate surface area is 114 Å². The minimum atomic E-state index is -0.655. The Morgan fingerprint density at radius 1 is 1.21 bits per heavy atom. The molecule has 1 aromatic rings. The van der Waals surface area contributed by atoms with Crippen LogP contribution in [0.2, 0.25) is 0 Å². The second kappa shape index (κ2) is 5.93. The average Bonchev–Trinajstić information content (AvgIpc) is 2.40. The maximum Gasteiger partial charge on any atom is 0.244 e. The minimum Gasteiger partial charge on any atom is -0.497 e. The first-order valence-electron chi connectivity index (χ1n) is 6.08. The van der Waals surface area contributed by atoms with Crippen LogP contribution in [0.15, 0.2) is 12.1 Å². The Kier molecular flexibility index (Phi) is 4.78. The summed E-state index contributed by atoms with van der Waals surface area (Å²) in [5, 5.41) is 5.85. The number of nitrogens with one attached hydrogen (secondary N) is 2. The Hall–Kier alpha value is -1.75. The topological polar surface area (TPSA) is 59.6 Å². The van der Waals surface area contributed by atoms with Crippen LogP contribution in [0.5, 0.6) is 11.5 Å². The van der Waals surface area contributed by atoms with E-state index in [2.05, 4.69) is 10.6 Å². The van der Waals surface area contributed by atoms with E-state index in [1.807, 2.05) is 26.8 Å². The number of aryl methyl sites for hydroxylation is 1. The van der Waals surface area contributed by atoms with Gasteiger partial charge in [0.15, 0.2) is 0 Å². The quantitative estimate of drug-likeness (QED) is 0.855. The predicted molar refractivity (Wildman–Crippen MR) is 76.1 cm³/mol. The highest BCUT2D eigenvalue weighted by Gasteiger charge is 2.26. The van der Waals surface area contributed by atoms with Crippen molar-refractivity contribution in [1.29, 1.82) is 0 Å². The second-order valence-electron chi connectivity index (χ2n) is 4.85. The van der Waals surface area contributed by atoms with Crippen LogP contribution in [0.25, 0.3) is 0 Å². The molecule has 0 aliphatic heterocycles. The third-order valence-electron chi connectivity index (χ3n) is 3.16. The molecule has 0 saturated carbocycles. The van der Waals surface area contributed by atoms with Crippen molar-refractivity contribution in [2.75, 3.05) is 26.6 Å². The van der Waals surface area contributed by atoms with Crippen molar-refractivity contribution in [3.63, 3.8) is 0 Å². The molecule has 0 saturated heterocycles. The number of methoxy groups -OCH3 is 2. The summed E-state index contributed by atoms with van der Waals surface area (Å²) in [6.07, 6.45) is 0. The van der Waals surface area contributed by atoms with Crippen LogP contribution in [-0.4, -0.2) is 32.7 Å². The molecular weight excluding hydrogens is 244 g/mol. The van der Waals surface area contributed by atoms with Crippen LogP contribution < -0.4 is 20.1 Å². The second-order valence-corrected chi connectivity index (χ2v) is 4.85. The van der Waals surface area contributed by atoms with Gasteiger partial charge in [0.2, 0.25) is 5.91 Å². The number of anilines is 1. The SMILES string of the molecule is CNC(C)(C)C(=O)Nc1c(C)cc(OC)cc1OC. The number of carbonyl (C=O) groups excluding carboxylic acids is 1. The molecule has 2 N–H and O–H groups in total. The highest BCUT2D eigenvalue weighted by molar-refractivity contribution is 5.99. The molecule has 0 aliphatic carbocycles. The molecule has 0 aromatic heterocycles. The van der Waals surface area contributed by atoms with Gasteiger partial charge in [0.05, 0.1) is 25.4 Å². The summed E-state index contributed by atoms with van der Waals surface area (Å²) in [5.74, 6) is 1.15. The molecule has 0 atom stereocenters. The largest absolute Gasteiger partial charge is 0.497 e. The summed E-state index contributed by atoms with van der Waals surface area (Å²) in [6.45, 7) is 5.52. The molecule has 5 heteroatoms. The van der Waals surface area contributed by atoms with Crippen molar-refractivity contribution in [3.05, 3.63) is 17.7 Å². The van der Waals surface area contributed by atoms with E-state index < -0.39 is 5.54 Å². The van der Waals surface area contributed by atoms with Gasteiger partial charge in [-0.3, -0.25) is 4.79 Å². The lowest BCUT2D eigenvalue weighted by molar-refractivity contribution is -0.121. The normalized spacial score (nSPS) is 11.1. The molecule has 0 fully saturated rings. The molecule has 0 aliphatic rings. The van der Waals surface area contributed by atoms with Gasteiger partial charge >= 0.3 is 0 Å². The van der Waals surface area contributed by atoms with Crippen LogP contribution in [0, 0.1) is 6.92 Å². The molecule has 106 valence electrons. The summed E-state index contributed by atoms with van der Waals surface area (Å²) in [7, 11) is 4.90. The molecule has 19 heavy (non-hydrogen) atoms. The van der Waals surface area contributed by atoms with E-state index in [0.717, 1.165) is 5.56 Å². The molecule has 0 bridgehead atoms. The van der Waals surface area contributed by atoms with Gasteiger partial charge in [0, 0.05) is 6.07 Å². The Morgan fingerprint density at radius 3 is 2.32 bits per heavy atom. The van der Waals surface area contributed by atoms with Crippen molar-refractivity contribution in [3.8, 4) is 11.5 Å². The molecule has 1 amide bonds. The molecule has 0 unspecified atom stereocenters. The van der Waals surface area contributed by atoms with Crippen molar-refractivity contribution in [1.82, 2.24) is 5.32 Å². The van der Waals surface area contributed by atoms with Crippen LogP contribution >= 0.6 is 0 Å². The van der Waals surface area contributed by atoms with Crippen LogP contribution in [0.4, 0.5) is 5.69 Å². The zero-order valence-electron chi connectivity index (χ0n) is 12.4. The van der Waals surface area contributed by atoms with E-state index in [0.29, 0.717) is 17.2 Å². The number of benzene rings is 1. The number of ether oxygens (including phenoxy) is 2. The number of carbonyl (C=O) groups is 1. The van der Waals surface area contributed by atoms with Crippen LogP contribution in [0.1, 0.15) is 19.4 Å². The molecule has 1 rings (SSSR count). The summed E-state index contributed by atoms with van der Waals surface area (Å²) in [4.78, 5) is 12.2. The van der Waals surface area contributed by atoms with E-state index in [9.17, 15) is 4.79 Å². The van der Waals surface area contributed by atoms with Gasteiger partial charge in [-0.25, -0.2) is 0 Å². The fraction of sp³-hybridized carbons (Fsp3) is 0.500. The lowest BCUT2D eigenvalue weighted by atomic mass is 10.0. The van der Waals surface area contributed by atoms with Gasteiger partial charge in [-0.1, -0.05) is 0 Å². The van der Waals surface area contributed by atoms with Crippen molar-refractivity contribution in [2.45, 2.75) is 26.3 Å². The zero-order valence-corrected chi connectivity index (χ0v) is 12.4. The third kappa shape index (κ3) is 3.38. The molecule has 0 radical (unpaired) electrons. The standard InChI is InChI=1S/C14H22N2O3/c1-9-7-10(18-5)8-11(19-6)12(9)16-13(17)14(2,3)15-4/h7-8,15H,1-6H3,(H,16,17). The molecule has 5 nitrogen and oxygen atoms in total. The lowest BCUT2D eigenvalue weighted by Crippen LogP contribution is -2.48. The molecule has 0 spiro atoms. The van der Waals surface area contributed by atoms with Gasteiger partial charge in [-0.05, 0) is 39.4 Å². The van der Waals surface area contributed by atoms with Crippen LogP contribution in [0.3, 0.4) is 0 Å². The number of hydrogen-bond donors (Lipinski definition) is 2. The van der Waals surface area contributed by atoms with E-state index in [1.165, 1.54) is 0 Å². The molecule has 1 aromatic carbocycles. The van der Waals surface area contributed by atoms with Gasteiger partial charge in [0.25, 0.3) is 0 Å². The monoisotopic (exact) mass is 266 g/mol. The van der Waals surface area contributed by atoms with Crippen LogP contribution in [-0.2, 0) is 4.79 Å².